The van der Waals surface area contributed by atoms with Crippen LogP contribution in [0.15, 0.2) is 4.99 Å². The summed E-state index contributed by atoms with van der Waals surface area (Å²) in [6.45, 7) is 4.15. The lowest BCUT2D eigenvalue weighted by Crippen LogP contribution is -2.38. The molecule has 86 valence electrons. The molecule has 2 heterocycles. The van der Waals surface area contributed by atoms with Crippen molar-refractivity contribution in [2.45, 2.75) is 51.1 Å². The zero-order valence-electron chi connectivity index (χ0n) is 9.69. The van der Waals surface area contributed by atoms with Crippen molar-refractivity contribution < 1.29 is 9.59 Å². The molecule has 2 fully saturated rings. The molecule has 16 heavy (non-hydrogen) atoms. The number of aliphatic imine (C=N–C) groups is 1. The van der Waals surface area contributed by atoms with Gasteiger partial charge >= 0.3 is 0 Å². The number of fused-ring (bicyclic) bond motifs is 3. The molecule has 1 saturated heterocycles. The van der Waals surface area contributed by atoms with Crippen LogP contribution in [0.1, 0.15) is 39.5 Å². The van der Waals surface area contributed by atoms with Crippen molar-refractivity contribution in [1.82, 2.24) is 4.90 Å². The van der Waals surface area contributed by atoms with Crippen LogP contribution in [0.25, 0.3) is 0 Å². The maximum Gasteiger partial charge on any atom is 0.235 e. The second-order valence-electron chi connectivity index (χ2n) is 5.34. The third-order valence-corrected chi connectivity index (χ3v) is 4.04. The lowest BCUT2D eigenvalue weighted by molar-refractivity contribution is -0.131. The molecule has 3 aliphatic rings. The first kappa shape index (κ1) is 10.00. The zero-order valence-corrected chi connectivity index (χ0v) is 9.69. The van der Waals surface area contributed by atoms with Gasteiger partial charge in [0.25, 0.3) is 0 Å². The number of nitrogens with zero attached hydrogens (tertiary/aromatic N) is 2. The first-order valence-electron chi connectivity index (χ1n) is 5.98. The largest absolute Gasteiger partial charge is 0.299 e. The van der Waals surface area contributed by atoms with Crippen LogP contribution in [0.2, 0.25) is 0 Å². The van der Waals surface area contributed by atoms with Crippen molar-refractivity contribution in [2.24, 2.45) is 10.9 Å². The molecular weight excluding hydrogens is 204 g/mol. The minimum Gasteiger partial charge on any atom is -0.299 e. The molecule has 2 aliphatic heterocycles. The zero-order chi connectivity index (χ0) is 11.5. The lowest BCUT2D eigenvalue weighted by atomic mass is 9.98. The summed E-state index contributed by atoms with van der Waals surface area (Å²) in [5.41, 5.74) is -0.0290. The number of amides is 1. The normalized spacial score (nSPS) is 41.4. The molecule has 1 aliphatic carbocycles. The minimum absolute atomic E-state index is 0.0290. The molecule has 0 aromatic heterocycles. The van der Waals surface area contributed by atoms with Gasteiger partial charge in [0.1, 0.15) is 11.6 Å². The van der Waals surface area contributed by atoms with E-state index in [0.29, 0.717) is 6.42 Å². The van der Waals surface area contributed by atoms with Gasteiger partial charge in [-0.3, -0.25) is 19.5 Å². The number of hydrogen-bond donors (Lipinski definition) is 0. The van der Waals surface area contributed by atoms with Gasteiger partial charge in [-0.1, -0.05) is 6.92 Å². The molecule has 3 atom stereocenters. The van der Waals surface area contributed by atoms with Crippen LogP contribution in [0.3, 0.4) is 0 Å². The summed E-state index contributed by atoms with van der Waals surface area (Å²) in [5, 5.41) is 0. The van der Waals surface area contributed by atoms with E-state index in [1.807, 2.05) is 4.90 Å². The Bertz CT molecular complexity index is 415. The topological polar surface area (TPSA) is 49.7 Å². The van der Waals surface area contributed by atoms with Crippen molar-refractivity contribution in [3.05, 3.63) is 0 Å². The Morgan fingerprint density at radius 3 is 2.94 bits per heavy atom. The highest BCUT2D eigenvalue weighted by Crippen LogP contribution is 2.50. The van der Waals surface area contributed by atoms with Crippen LogP contribution < -0.4 is 0 Å². The van der Waals surface area contributed by atoms with Crippen molar-refractivity contribution in [3.8, 4) is 0 Å². The highest BCUT2D eigenvalue weighted by Gasteiger charge is 2.62. The summed E-state index contributed by atoms with van der Waals surface area (Å²) < 4.78 is 0. The summed E-state index contributed by atoms with van der Waals surface area (Å²) in [6, 6.07) is 0.245. The number of hydrogen-bond acceptors (Lipinski definition) is 3. The van der Waals surface area contributed by atoms with Crippen LogP contribution in [0.5, 0.6) is 0 Å². The van der Waals surface area contributed by atoms with E-state index >= 15 is 0 Å². The fourth-order valence-electron chi connectivity index (χ4n) is 2.91. The maximum absolute atomic E-state index is 12.0. The first-order chi connectivity index (χ1) is 7.55. The molecule has 0 N–H and O–H groups in total. The molecule has 1 saturated carbocycles. The predicted molar refractivity (Wildman–Crippen MR) is 59.1 cm³/mol. The molecule has 3 unspecified atom stereocenters. The van der Waals surface area contributed by atoms with Gasteiger partial charge in [-0.05, 0) is 19.8 Å². The second-order valence-corrected chi connectivity index (χ2v) is 5.34. The SMILES string of the molecule is CCC1CC(=O)CC(=O)N2C1=NC1(C)CC21. The fourth-order valence-corrected chi connectivity index (χ4v) is 2.91. The highest BCUT2D eigenvalue weighted by atomic mass is 16.2. The standard InChI is InChI=1S/C12H16N2O2/c1-3-7-4-8(15)5-10(16)14-9-6-12(9,2)13-11(7)14/h7,9H,3-6H2,1-2H3. The molecule has 1 amide bonds. The first-order valence-corrected chi connectivity index (χ1v) is 5.98. The number of amidine groups is 1. The number of Topliss-reactive ketones (excluding diaryl/α,β-unsaturated/α-hetero) is 1. The molecule has 3 rings (SSSR count). The summed E-state index contributed by atoms with van der Waals surface area (Å²) in [6.07, 6.45) is 2.41. The van der Waals surface area contributed by atoms with Gasteiger partial charge in [0.2, 0.25) is 5.91 Å². The maximum atomic E-state index is 12.0. The van der Waals surface area contributed by atoms with Crippen molar-refractivity contribution in [1.29, 1.82) is 0 Å². The predicted octanol–water partition coefficient (Wildman–Crippen LogP) is 1.15. The summed E-state index contributed by atoms with van der Waals surface area (Å²) in [5.74, 6) is 1.07. The Balaban J connectivity index is 2.00. The van der Waals surface area contributed by atoms with Gasteiger partial charge in [0, 0.05) is 12.3 Å². The average molecular weight is 220 g/mol. The van der Waals surface area contributed by atoms with E-state index in [1.54, 1.807) is 0 Å². The summed E-state index contributed by atoms with van der Waals surface area (Å²) in [7, 11) is 0. The molecule has 4 nitrogen and oxygen atoms in total. The van der Waals surface area contributed by atoms with E-state index in [9.17, 15) is 9.59 Å². The van der Waals surface area contributed by atoms with Gasteiger partial charge in [-0.2, -0.15) is 0 Å². The number of ketones is 1. The van der Waals surface area contributed by atoms with Gasteiger partial charge in [-0.15, -0.1) is 0 Å². The van der Waals surface area contributed by atoms with Crippen molar-refractivity contribution in [3.63, 3.8) is 0 Å². The Morgan fingerprint density at radius 1 is 1.50 bits per heavy atom. The molecule has 0 radical (unpaired) electrons. The molecule has 0 bridgehead atoms. The highest BCUT2D eigenvalue weighted by molar-refractivity contribution is 6.12. The Hall–Kier alpha value is -1.19. The molecule has 4 heteroatoms. The van der Waals surface area contributed by atoms with Crippen LogP contribution in [0.4, 0.5) is 0 Å². The van der Waals surface area contributed by atoms with Gasteiger partial charge in [0.05, 0.1) is 18.0 Å². The van der Waals surface area contributed by atoms with E-state index < -0.39 is 0 Å². The second kappa shape index (κ2) is 2.93. The number of rotatable bonds is 1. The Kier molecular flexibility index (Phi) is 1.83. The van der Waals surface area contributed by atoms with E-state index in [0.717, 1.165) is 18.7 Å². The smallest absolute Gasteiger partial charge is 0.235 e. The molecule has 0 spiro atoms. The molecular formula is C12H16N2O2. The molecule has 0 aromatic carbocycles. The average Bonchev–Trinajstić information content (AvgIpc) is 2.79. The van der Waals surface area contributed by atoms with Crippen LogP contribution in [-0.2, 0) is 9.59 Å². The van der Waals surface area contributed by atoms with Crippen molar-refractivity contribution >= 4 is 17.5 Å². The quantitative estimate of drug-likeness (QED) is 0.622. The minimum atomic E-state index is -0.0362. The van der Waals surface area contributed by atoms with Crippen molar-refractivity contribution in [2.75, 3.05) is 0 Å². The van der Waals surface area contributed by atoms with Gasteiger partial charge in [0.15, 0.2) is 0 Å². The monoisotopic (exact) mass is 220 g/mol. The van der Waals surface area contributed by atoms with Crippen LogP contribution >= 0.6 is 0 Å². The van der Waals surface area contributed by atoms with Gasteiger partial charge in [-0.25, -0.2) is 0 Å². The number of carbonyl (C=O) groups excluding carboxylic acids is 2. The van der Waals surface area contributed by atoms with Gasteiger partial charge < -0.3 is 0 Å². The fraction of sp³-hybridized carbons (Fsp3) is 0.750. The van der Waals surface area contributed by atoms with E-state index in [-0.39, 0.29) is 35.6 Å². The lowest BCUT2D eigenvalue weighted by Gasteiger charge is -2.22. The summed E-state index contributed by atoms with van der Waals surface area (Å²) in [4.78, 5) is 30.1. The third kappa shape index (κ3) is 1.19. The third-order valence-electron chi connectivity index (χ3n) is 4.04. The summed E-state index contributed by atoms with van der Waals surface area (Å²) >= 11 is 0. The Labute approximate surface area is 94.7 Å². The molecule has 0 aromatic rings. The van der Waals surface area contributed by atoms with Crippen LogP contribution in [0, 0.1) is 5.92 Å². The Morgan fingerprint density at radius 2 is 2.25 bits per heavy atom. The number of carbonyl (C=O) groups is 2. The van der Waals surface area contributed by atoms with E-state index in [2.05, 4.69) is 18.8 Å². The van der Waals surface area contributed by atoms with Crippen LogP contribution in [-0.4, -0.2) is 34.0 Å². The van der Waals surface area contributed by atoms with E-state index in [1.165, 1.54) is 0 Å². The van der Waals surface area contributed by atoms with E-state index in [4.69, 9.17) is 0 Å².